The van der Waals surface area contributed by atoms with Gasteiger partial charge < -0.3 is 14.4 Å². The smallest absolute Gasteiger partial charge is 0.164 e. The molecule has 2 aromatic carbocycles. The summed E-state index contributed by atoms with van der Waals surface area (Å²) in [5, 5.41) is 0.360. The molecule has 0 radical (unpaired) electrons. The Morgan fingerprint density at radius 2 is 1.88 bits per heavy atom. The Bertz CT molecular complexity index is 656. The zero-order chi connectivity index (χ0) is 17.5. The van der Waals surface area contributed by atoms with Crippen molar-refractivity contribution in [3.8, 4) is 11.5 Å². The number of rotatable bonds is 8. The van der Waals surface area contributed by atoms with E-state index < -0.39 is 0 Å². The van der Waals surface area contributed by atoms with Crippen molar-refractivity contribution in [1.29, 1.82) is 0 Å². The van der Waals surface area contributed by atoms with Crippen LogP contribution in [0, 0.1) is 5.82 Å². The number of aryl methyl sites for hydroxylation is 1. The van der Waals surface area contributed by atoms with Crippen molar-refractivity contribution in [2.24, 2.45) is 0 Å². The van der Waals surface area contributed by atoms with Crippen molar-refractivity contribution in [3.63, 3.8) is 0 Å². The van der Waals surface area contributed by atoms with Gasteiger partial charge in [0, 0.05) is 5.56 Å². The summed E-state index contributed by atoms with van der Waals surface area (Å²) in [7, 11) is 5.69. The molecule has 2 aromatic rings. The first-order valence-corrected chi connectivity index (χ1v) is 8.27. The highest BCUT2D eigenvalue weighted by atomic mass is 35.5. The van der Waals surface area contributed by atoms with E-state index in [4.69, 9.17) is 21.1 Å². The average Bonchev–Trinajstić information content (AvgIpc) is 2.54. The molecule has 5 heteroatoms. The molecule has 0 aromatic heterocycles. The summed E-state index contributed by atoms with van der Waals surface area (Å²) in [5.41, 5.74) is 1.40. The van der Waals surface area contributed by atoms with E-state index in [0.29, 0.717) is 22.1 Å². The van der Waals surface area contributed by atoms with E-state index in [0.717, 1.165) is 24.9 Å². The van der Waals surface area contributed by atoms with Crippen LogP contribution in [0.4, 0.5) is 4.39 Å². The van der Waals surface area contributed by atoms with E-state index in [1.165, 1.54) is 6.07 Å². The van der Waals surface area contributed by atoms with E-state index in [1.807, 2.05) is 32.3 Å². The van der Waals surface area contributed by atoms with Gasteiger partial charge in [0.25, 0.3) is 0 Å². The van der Waals surface area contributed by atoms with Gasteiger partial charge >= 0.3 is 0 Å². The molecule has 0 heterocycles. The van der Waals surface area contributed by atoms with E-state index in [9.17, 15) is 4.39 Å². The molecule has 0 spiro atoms. The molecule has 130 valence electrons. The van der Waals surface area contributed by atoms with E-state index in [1.54, 1.807) is 19.2 Å². The van der Waals surface area contributed by atoms with Gasteiger partial charge in [-0.15, -0.1) is 0 Å². The maximum atomic E-state index is 13.9. The maximum Gasteiger partial charge on any atom is 0.164 e. The minimum Gasteiger partial charge on any atom is -0.493 e. The van der Waals surface area contributed by atoms with Crippen LogP contribution in [-0.4, -0.2) is 32.6 Å². The molecule has 0 amide bonds. The van der Waals surface area contributed by atoms with Gasteiger partial charge in [0.1, 0.15) is 12.4 Å². The van der Waals surface area contributed by atoms with Gasteiger partial charge in [-0.3, -0.25) is 0 Å². The van der Waals surface area contributed by atoms with Crippen LogP contribution in [0.3, 0.4) is 0 Å². The summed E-state index contributed by atoms with van der Waals surface area (Å²) in [6, 6.07) is 10.4. The molecule has 0 bridgehead atoms. The molecule has 0 aliphatic rings. The SMILES string of the molecule is COc1cccc(CCCN(C)C)c1OCc1c(F)cccc1Cl. The van der Waals surface area contributed by atoms with Crippen LogP contribution in [0.15, 0.2) is 36.4 Å². The lowest BCUT2D eigenvalue weighted by atomic mass is 10.1. The highest BCUT2D eigenvalue weighted by Crippen LogP contribution is 2.33. The Kier molecular flexibility index (Phi) is 6.88. The lowest BCUT2D eigenvalue weighted by Crippen LogP contribution is -2.13. The standard InChI is InChI=1S/C19H23ClFNO2/c1-22(2)12-6-8-14-7-4-11-18(23-3)19(14)24-13-15-16(20)9-5-10-17(15)21/h4-5,7,9-11H,6,8,12-13H2,1-3H3. The number of nitrogens with zero attached hydrogens (tertiary/aromatic N) is 1. The van der Waals surface area contributed by atoms with Crippen LogP contribution in [0.25, 0.3) is 0 Å². The topological polar surface area (TPSA) is 21.7 Å². The molecule has 0 atom stereocenters. The second kappa shape index (κ2) is 8.90. The van der Waals surface area contributed by atoms with Gasteiger partial charge in [0.15, 0.2) is 11.5 Å². The largest absolute Gasteiger partial charge is 0.493 e. The molecule has 24 heavy (non-hydrogen) atoms. The quantitative estimate of drug-likeness (QED) is 0.695. The third-order valence-electron chi connectivity index (χ3n) is 3.75. The third kappa shape index (κ3) is 4.86. The first-order chi connectivity index (χ1) is 11.5. The normalized spacial score (nSPS) is 10.9. The fourth-order valence-corrected chi connectivity index (χ4v) is 2.70. The molecule has 3 nitrogen and oxygen atoms in total. The number of ether oxygens (including phenoxy) is 2. The lowest BCUT2D eigenvalue weighted by Gasteiger charge is -2.16. The molecule has 0 aliphatic carbocycles. The van der Waals surface area contributed by atoms with Crippen LogP contribution in [-0.2, 0) is 13.0 Å². The third-order valence-corrected chi connectivity index (χ3v) is 4.11. The summed E-state index contributed by atoms with van der Waals surface area (Å²) in [4.78, 5) is 2.14. The highest BCUT2D eigenvalue weighted by Gasteiger charge is 2.13. The Hall–Kier alpha value is -1.78. The number of para-hydroxylation sites is 1. The first kappa shape index (κ1) is 18.6. The Morgan fingerprint density at radius 3 is 2.54 bits per heavy atom. The second-order valence-electron chi connectivity index (χ2n) is 5.84. The zero-order valence-corrected chi connectivity index (χ0v) is 15.1. The monoisotopic (exact) mass is 351 g/mol. The minimum atomic E-state index is -0.369. The molecule has 0 N–H and O–H groups in total. The fourth-order valence-electron chi connectivity index (χ4n) is 2.48. The Balaban J connectivity index is 2.18. The van der Waals surface area contributed by atoms with Gasteiger partial charge in [-0.1, -0.05) is 29.8 Å². The van der Waals surface area contributed by atoms with Crippen molar-refractivity contribution < 1.29 is 13.9 Å². The van der Waals surface area contributed by atoms with Gasteiger partial charge in [-0.25, -0.2) is 4.39 Å². The summed E-state index contributed by atoms with van der Waals surface area (Å²) in [5.74, 6) is 0.925. The van der Waals surface area contributed by atoms with Gasteiger partial charge in [0.05, 0.1) is 12.1 Å². The number of halogens is 2. The van der Waals surface area contributed by atoms with Crippen molar-refractivity contribution in [2.75, 3.05) is 27.7 Å². The molecule has 0 saturated heterocycles. The van der Waals surface area contributed by atoms with Gasteiger partial charge in [-0.05, 0) is 57.2 Å². The highest BCUT2D eigenvalue weighted by molar-refractivity contribution is 6.31. The predicted molar refractivity (Wildman–Crippen MR) is 95.6 cm³/mol. The number of hydrogen-bond donors (Lipinski definition) is 0. The summed E-state index contributed by atoms with van der Waals surface area (Å²) in [6.07, 6.45) is 1.85. The Labute approximate surface area is 147 Å². The van der Waals surface area contributed by atoms with E-state index >= 15 is 0 Å². The van der Waals surface area contributed by atoms with Crippen LogP contribution in [0.1, 0.15) is 17.5 Å². The van der Waals surface area contributed by atoms with Gasteiger partial charge in [0.2, 0.25) is 0 Å². The van der Waals surface area contributed by atoms with Crippen molar-refractivity contribution >= 4 is 11.6 Å². The Morgan fingerprint density at radius 1 is 1.12 bits per heavy atom. The van der Waals surface area contributed by atoms with E-state index in [-0.39, 0.29) is 12.4 Å². The van der Waals surface area contributed by atoms with Crippen LogP contribution < -0.4 is 9.47 Å². The molecule has 0 saturated carbocycles. The fraction of sp³-hybridized carbons (Fsp3) is 0.368. The molecule has 0 unspecified atom stereocenters. The maximum absolute atomic E-state index is 13.9. The molecular formula is C19H23ClFNO2. The van der Waals surface area contributed by atoms with Crippen LogP contribution >= 0.6 is 11.6 Å². The summed E-state index contributed by atoms with van der Waals surface area (Å²) < 4.78 is 25.2. The average molecular weight is 352 g/mol. The number of methoxy groups -OCH3 is 1. The van der Waals surface area contributed by atoms with Crippen LogP contribution in [0.2, 0.25) is 5.02 Å². The zero-order valence-electron chi connectivity index (χ0n) is 14.3. The summed E-state index contributed by atoms with van der Waals surface area (Å²) >= 11 is 6.07. The molecule has 0 fully saturated rings. The molecular weight excluding hydrogens is 329 g/mol. The molecule has 0 aliphatic heterocycles. The number of benzene rings is 2. The number of hydrogen-bond acceptors (Lipinski definition) is 3. The van der Waals surface area contributed by atoms with Crippen LogP contribution in [0.5, 0.6) is 11.5 Å². The van der Waals surface area contributed by atoms with E-state index in [2.05, 4.69) is 4.90 Å². The summed E-state index contributed by atoms with van der Waals surface area (Å²) in [6.45, 7) is 1.04. The predicted octanol–water partition coefficient (Wildman–Crippen LogP) is 4.56. The van der Waals surface area contributed by atoms with Gasteiger partial charge in [-0.2, -0.15) is 0 Å². The molecule has 2 rings (SSSR count). The first-order valence-electron chi connectivity index (χ1n) is 7.89. The minimum absolute atomic E-state index is 0.0621. The van der Waals surface area contributed by atoms with Crippen molar-refractivity contribution in [2.45, 2.75) is 19.4 Å². The second-order valence-corrected chi connectivity index (χ2v) is 6.25. The van der Waals surface area contributed by atoms with Crippen molar-refractivity contribution in [1.82, 2.24) is 4.90 Å². The lowest BCUT2D eigenvalue weighted by molar-refractivity contribution is 0.276. The van der Waals surface area contributed by atoms with Crippen molar-refractivity contribution in [3.05, 3.63) is 58.4 Å².